The molecule has 0 aromatic heterocycles. The third-order valence-corrected chi connectivity index (χ3v) is 6.64. The molecule has 2 aromatic carbocycles. The van der Waals surface area contributed by atoms with Crippen LogP contribution in [0.4, 0.5) is 5.69 Å². The van der Waals surface area contributed by atoms with E-state index in [1.165, 1.54) is 10.6 Å². The minimum Gasteiger partial charge on any atom is -0.487 e. The van der Waals surface area contributed by atoms with Crippen LogP contribution in [0, 0.1) is 13.8 Å². The van der Waals surface area contributed by atoms with Crippen molar-refractivity contribution in [1.82, 2.24) is 5.32 Å². The summed E-state index contributed by atoms with van der Waals surface area (Å²) in [6, 6.07) is 13.2. The Hall–Kier alpha value is -2.54. The molecule has 2 aromatic rings. The SMILES string of the molecule is Cc1ccc(N(CCCC(=O)N[C@@H]2CC(C)(C)Oc3cc(C)ccc32)S(C)(=O)=O)cc1. The average Bonchev–Trinajstić information content (AvgIpc) is 2.64. The number of sulfonamides is 1. The van der Waals surface area contributed by atoms with Gasteiger partial charge < -0.3 is 10.1 Å². The largest absolute Gasteiger partial charge is 0.487 e. The predicted octanol–water partition coefficient (Wildman–Crippen LogP) is 4.27. The van der Waals surface area contributed by atoms with Crippen molar-refractivity contribution in [1.29, 1.82) is 0 Å². The summed E-state index contributed by atoms with van der Waals surface area (Å²) in [5, 5.41) is 3.12. The molecule has 168 valence electrons. The molecule has 1 N–H and O–H groups in total. The first kappa shape index (κ1) is 23.1. The molecule has 7 heteroatoms. The lowest BCUT2D eigenvalue weighted by molar-refractivity contribution is -0.122. The third kappa shape index (κ3) is 6.00. The van der Waals surface area contributed by atoms with Crippen LogP contribution in [-0.2, 0) is 14.8 Å². The van der Waals surface area contributed by atoms with Crippen LogP contribution >= 0.6 is 0 Å². The van der Waals surface area contributed by atoms with Gasteiger partial charge in [-0.3, -0.25) is 9.10 Å². The highest BCUT2D eigenvalue weighted by molar-refractivity contribution is 7.92. The van der Waals surface area contributed by atoms with Gasteiger partial charge in [-0.05, 0) is 57.9 Å². The second-order valence-corrected chi connectivity index (χ2v) is 10.9. The molecule has 0 radical (unpaired) electrons. The maximum absolute atomic E-state index is 12.7. The van der Waals surface area contributed by atoms with Crippen molar-refractivity contribution in [3.63, 3.8) is 0 Å². The lowest BCUT2D eigenvalue weighted by Crippen LogP contribution is -2.41. The molecule has 6 nitrogen and oxygen atoms in total. The van der Waals surface area contributed by atoms with Crippen molar-refractivity contribution in [2.24, 2.45) is 0 Å². The fraction of sp³-hybridized carbons (Fsp3) is 0.458. The molecular formula is C24H32N2O4S. The molecule has 0 aliphatic carbocycles. The van der Waals surface area contributed by atoms with Crippen molar-refractivity contribution in [3.05, 3.63) is 59.2 Å². The summed E-state index contributed by atoms with van der Waals surface area (Å²) in [6.45, 7) is 8.26. The van der Waals surface area contributed by atoms with E-state index in [1.807, 2.05) is 58.0 Å². The number of benzene rings is 2. The molecule has 0 fully saturated rings. The smallest absolute Gasteiger partial charge is 0.232 e. The first-order valence-corrected chi connectivity index (χ1v) is 12.4. The van der Waals surface area contributed by atoms with E-state index in [9.17, 15) is 13.2 Å². The Morgan fingerprint density at radius 3 is 2.42 bits per heavy atom. The summed E-state index contributed by atoms with van der Waals surface area (Å²) in [5.41, 5.74) is 3.39. The van der Waals surface area contributed by atoms with E-state index in [-0.39, 0.29) is 30.5 Å². The first-order valence-electron chi connectivity index (χ1n) is 10.6. The summed E-state index contributed by atoms with van der Waals surface area (Å²) < 4.78 is 32.0. The summed E-state index contributed by atoms with van der Waals surface area (Å²) in [4.78, 5) is 12.7. The lowest BCUT2D eigenvalue weighted by Gasteiger charge is -2.38. The normalized spacial score (nSPS) is 17.4. The van der Waals surface area contributed by atoms with Gasteiger partial charge in [0, 0.05) is 24.9 Å². The summed E-state index contributed by atoms with van der Waals surface area (Å²) in [7, 11) is -3.43. The van der Waals surface area contributed by atoms with Crippen LogP contribution in [0.5, 0.6) is 5.75 Å². The van der Waals surface area contributed by atoms with Crippen molar-refractivity contribution in [3.8, 4) is 5.75 Å². The number of anilines is 1. The van der Waals surface area contributed by atoms with Gasteiger partial charge in [-0.15, -0.1) is 0 Å². The Bertz CT molecular complexity index is 1050. The number of hydrogen-bond donors (Lipinski definition) is 1. The van der Waals surface area contributed by atoms with Crippen LogP contribution in [-0.4, -0.2) is 32.7 Å². The second-order valence-electron chi connectivity index (χ2n) is 9.00. The highest BCUT2D eigenvalue weighted by Gasteiger charge is 2.34. The monoisotopic (exact) mass is 444 g/mol. The van der Waals surface area contributed by atoms with Gasteiger partial charge >= 0.3 is 0 Å². The van der Waals surface area contributed by atoms with Crippen LogP contribution < -0.4 is 14.4 Å². The second kappa shape index (κ2) is 8.91. The molecule has 1 atom stereocenters. The third-order valence-electron chi connectivity index (χ3n) is 5.45. The van der Waals surface area contributed by atoms with Crippen LogP contribution in [0.2, 0.25) is 0 Å². The highest BCUT2D eigenvalue weighted by Crippen LogP contribution is 2.39. The number of carbonyl (C=O) groups is 1. The Labute approximate surface area is 185 Å². The number of fused-ring (bicyclic) bond motifs is 1. The van der Waals surface area contributed by atoms with E-state index < -0.39 is 10.0 Å². The van der Waals surface area contributed by atoms with Crippen LogP contribution in [0.15, 0.2) is 42.5 Å². The minimum absolute atomic E-state index is 0.0911. The highest BCUT2D eigenvalue weighted by atomic mass is 32.2. The number of nitrogens with one attached hydrogen (secondary N) is 1. The van der Waals surface area contributed by atoms with Gasteiger partial charge in [-0.2, -0.15) is 0 Å². The molecule has 0 bridgehead atoms. The molecular weight excluding hydrogens is 412 g/mol. The zero-order valence-corrected chi connectivity index (χ0v) is 19.8. The van der Waals surface area contributed by atoms with Crippen LogP contribution in [0.1, 0.15) is 55.8 Å². The number of aryl methyl sites for hydroxylation is 2. The molecule has 31 heavy (non-hydrogen) atoms. The van der Waals surface area contributed by atoms with Gasteiger partial charge in [0.2, 0.25) is 15.9 Å². The van der Waals surface area contributed by atoms with Gasteiger partial charge in [0.1, 0.15) is 11.4 Å². The summed E-state index contributed by atoms with van der Waals surface area (Å²) >= 11 is 0. The van der Waals surface area contributed by atoms with Crippen molar-refractivity contribution < 1.29 is 17.9 Å². The fourth-order valence-corrected chi connectivity index (χ4v) is 4.90. The molecule has 0 saturated heterocycles. The van der Waals surface area contributed by atoms with Crippen LogP contribution in [0.25, 0.3) is 0 Å². The molecule has 0 saturated carbocycles. The number of amides is 1. The van der Waals surface area contributed by atoms with E-state index in [1.54, 1.807) is 12.1 Å². The molecule has 3 rings (SSSR count). The molecule has 0 unspecified atom stereocenters. The molecule has 0 spiro atoms. The summed E-state index contributed by atoms with van der Waals surface area (Å²) in [6.07, 6.45) is 2.54. The number of carbonyl (C=O) groups excluding carboxylic acids is 1. The zero-order valence-electron chi connectivity index (χ0n) is 18.9. The van der Waals surface area contributed by atoms with Crippen LogP contribution in [0.3, 0.4) is 0 Å². The van der Waals surface area contributed by atoms with E-state index >= 15 is 0 Å². The van der Waals surface area contributed by atoms with Gasteiger partial charge in [0.25, 0.3) is 0 Å². The Kier molecular flexibility index (Phi) is 6.65. The molecule has 1 heterocycles. The lowest BCUT2D eigenvalue weighted by atomic mass is 9.89. The number of ether oxygens (including phenoxy) is 1. The number of nitrogens with zero attached hydrogens (tertiary/aromatic N) is 1. The summed E-state index contributed by atoms with van der Waals surface area (Å²) in [5.74, 6) is 0.718. The van der Waals surface area contributed by atoms with Crippen molar-refractivity contribution in [2.45, 2.75) is 58.6 Å². The minimum atomic E-state index is -3.43. The Balaban J connectivity index is 1.64. The topological polar surface area (TPSA) is 75.7 Å². The van der Waals surface area contributed by atoms with Crippen molar-refractivity contribution >= 4 is 21.6 Å². The zero-order chi connectivity index (χ0) is 22.8. The number of hydrogen-bond acceptors (Lipinski definition) is 4. The Morgan fingerprint density at radius 2 is 1.77 bits per heavy atom. The quantitative estimate of drug-likeness (QED) is 0.692. The van der Waals surface area contributed by atoms with Gasteiger partial charge in [0.15, 0.2) is 0 Å². The maximum Gasteiger partial charge on any atom is 0.232 e. The fourth-order valence-electron chi connectivity index (χ4n) is 3.93. The van der Waals surface area contributed by atoms with Gasteiger partial charge in [0.05, 0.1) is 18.0 Å². The van der Waals surface area contributed by atoms with E-state index in [0.717, 1.165) is 22.4 Å². The van der Waals surface area contributed by atoms with Gasteiger partial charge in [-0.1, -0.05) is 29.8 Å². The Morgan fingerprint density at radius 1 is 1.13 bits per heavy atom. The van der Waals surface area contributed by atoms with Gasteiger partial charge in [-0.25, -0.2) is 8.42 Å². The first-order chi connectivity index (χ1) is 14.4. The maximum atomic E-state index is 12.7. The van der Waals surface area contributed by atoms with Crippen molar-refractivity contribution in [2.75, 3.05) is 17.1 Å². The molecule has 1 amide bonds. The van der Waals surface area contributed by atoms with E-state index in [0.29, 0.717) is 18.5 Å². The standard InChI is InChI=1S/C24H32N2O4S/c1-17-8-11-19(12-9-17)26(31(5,28)29)14-6-7-23(27)25-21-16-24(3,4)30-22-15-18(2)10-13-20(21)22/h8-13,15,21H,6-7,14,16H2,1-5H3,(H,25,27)/t21-/m1/s1. The van der Waals surface area contributed by atoms with E-state index in [2.05, 4.69) is 5.32 Å². The van der Waals surface area contributed by atoms with E-state index in [4.69, 9.17) is 4.74 Å². The number of rotatable bonds is 7. The molecule has 1 aliphatic rings. The average molecular weight is 445 g/mol. The predicted molar refractivity (Wildman–Crippen MR) is 124 cm³/mol. The molecule has 1 aliphatic heterocycles.